The first-order valence-corrected chi connectivity index (χ1v) is 4.33. The third kappa shape index (κ3) is 2.02. The number of rotatable bonds is 3. The molecule has 0 aliphatic carbocycles. The van der Waals surface area contributed by atoms with Crippen molar-refractivity contribution in [1.82, 2.24) is 10.3 Å². The minimum absolute atomic E-state index is 0.381. The van der Waals surface area contributed by atoms with Gasteiger partial charge in [-0.3, -0.25) is 0 Å². The molecule has 1 aromatic rings. The number of hydrogen-bond donors (Lipinski definition) is 1. The van der Waals surface area contributed by atoms with Crippen LogP contribution < -0.4 is 5.32 Å². The molecule has 66 valence electrons. The molecular weight excluding hydrogens is 176 g/mol. The van der Waals surface area contributed by atoms with Gasteiger partial charge >= 0.3 is 5.97 Å². The zero-order chi connectivity index (χ0) is 8.97. The quantitative estimate of drug-likeness (QED) is 0.704. The topological polar surface area (TPSA) is 51.2 Å². The Bertz CT molecular complexity index is 272. The second-order valence-corrected chi connectivity index (χ2v) is 3.09. The third-order valence-corrected chi connectivity index (χ3v) is 2.12. The number of carbonyl (C=O) groups is 1. The molecule has 0 aliphatic rings. The Labute approximate surface area is 74.6 Å². The highest BCUT2D eigenvalue weighted by Gasteiger charge is 2.09. The van der Waals surface area contributed by atoms with Crippen LogP contribution in [0.25, 0.3) is 0 Å². The van der Waals surface area contributed by atoms with E-state index in [-0.39, 0.29) is 5.97 Å². The zero-order valence-corrected chi connectivity index (χ0v) is 7.77. The second-order valence-electron chi connectivity index (χ2n) is 2.15. The van der Waals surface area contributed by atoms with Crippen molar-refractivity contribution in [2.45, 2.75) is 6.54 Å². The standard InChI is InChI=1S/C7H10N2O2S/c1-8-3-6-9-5(4-12-6)7(10)11-2/h4,8H,3H2,1-2H3. The average Bonchev–Trinajstić information content (AvgIpc) is 2.52. The van der Waals surface area contributed by atoms with E-state index >= 15 is 0 Å². The molecule has 1 N–H and O–H groups in total. The first-order chi connectivity index (χ1) is 5.77. The highest BCUT2D eigenvalue weighted by molar-refractivity contribution is 7.09. The van der Waals surface area contributed by atoms with E-state index in [0.29, 0.717) is 12.2 Å². The van der Waals surface area contributed by atoms with Crippen LogP contribution in [-0.2, 0) is 11.3 Å². The van der Waals surface area contributed by atoms with Crippen LogP contribution in [0.2, 0.25) is 0 Å². The van der Waals surface area contributed by atoms with Gasteiger partial charge in [0.05, 0.1) is 7.11 Å². The van der Waals surface area contributed by atoms with Crippen molar-refractivity contribution >= 4 is 17.3 Å². The largest absolute Gasteiger partial charge is 0.464 e. The Hall–Kier alpha value is -0.940. The van der Waals surface area contributed by atoms with Gasteiger partial charge in [0.25, 0.3) is 0 Å². The summed E-state index contributed by atoms with van der Waals surface area (Å²) in [6.45, 7) is 0.682. The highest BCUT2D eigenvalue weighted by atomic mass is 32.1. The third-order valence-electron chi connectivity index (χ3n) is 1.27. The number of carbonyl (C=O) groups excluding carboxylic acids is 1. The molecule has 1 rings (SSSR count). The Balaban J connectivity index is 2.70. The SMILES string of the molecule is CNCc1nc(C(=O)OC)cs1. The van der Waals surface area contributed by atoms with Crippen molar-refractivity contribution < 1.29 is 9.53 Å². The van der Waals surface area contributed by atoms with Crippen molar-refractivity contribution in [3.05, 3.63) is 16.1 Å². The molecule has 0 amide bonds. The summed E-state index contributed by atoms with van der Waals surface area (Å²) in [6.07, 6.45) is 0. The normalized spacial score (nSPS) is 9.83. The molecule has 0 radical (unpaired) electrons. The van der Waals surface area contributed by atoms with Crippen LogP contribution >= 0.6 is 11.3 Å². The van der Waals surface area contributed by atoms with Crippen molar-refractivity contribution in [3.8, 4) is 0 Å². The maximum atomic E-state index is 10.9. The lowest BCUT2D eigenvalue weighted by molar-refractivity contribution is 0.0594. The molecule has 0 aliphatic heterocycles. The molecule has 4 nitrogen and oxygen atoms in total. The minimum atomic E-state index is -0.381. The Morgan fingerprint density at radius 2 is 2.58 bits per heavy atom. The van der Waals surface area contributed by atoms with Gasteiger partial charge in [-0.25, -0.2) is 9.78 Å². The van der Waals surface area contributed by atoms with Gasteiger partial charge in [0, 0.05) is 11.9 Å². The number of hydrogen-bond acceptors (Lipinski definition) is 5. The van der Waals surface area contributed by atoms with E-state index in [9.17, 15) is 4.79 Å². The molecule has 0 atom stereocenters. The van der Waals surface area contributed by atoms with Gasteiger partial charge in [0.15, 0.2) is 5.69 Å². The first-order valence-electron chi connectivity index (χ1n) is 3.45. The molecule has 0 aromatic carbocycles. The van der Waals surface area contributed by atoms with Gasteiger partial charge < -0.3 is 10.1 Å². The van der Waals surface area contributed by atoms with E-state index in [1.54, 1.807) is 5.38 Å². The summed E-state index contributed by atoms with van der Waals surface area (Å²) in [4.78, 5) is 15.0. The molecule has 0 fully saturated rings. The van der Waals surface area contributed by atoms with Gasteiger partial charge in [0.1, 0.15) is 5.01 Å². The number of ether oxygens (including phenoxy) is 1. The van der Waals surface area contributed by atoms with Crippen LogP contribution in [0, 0.1) is 0 Å². The summed E-state index contributed by atoms with van der Waals surface area (Å²) < 4.78 is 4.51. The van der Waals surface area contributed by atoms with Crippen LogP contribution in [0.3, 0.4) is 0 Å². The lowest BCUT2D eigenvalue weighted by Gasteiger charge is -1.92. The maximum Gasteiger partial charge on any atom is 0.357 e. The summed E-state index contributed by atoms with van der Waals surface area (Å²) in [5.41, 5.74) is 0.382. The van der Waals surface area contributed by atoms with Gasteiger partial charge in [-0.2, -0.15) is 0 Å². The summed E-state index contributed by atoms with van der Waals surface area (Å²) in [5.74, 6) is -0.381. The molecule has 0 unspecified atom stereocenters. The molecule has 5 heteroatoms. The molecule has 12 heavy (non-hydrogen) atoms. The van der Waals surface area contributed by atoms with Gasteiger partial charge in [-0.1, -0.05) is 0 Å². The summed E-state index contributed by atoms with van der Waals surface area (Å²) >= 11 is 1.44. The average molecular weight is 186 g/mol. The first kappa shape index (κ1) is 9.15. The fraction of sp³-hybridized carbons (Fsp3) is 0.429. The van der Waals surface area contributed by atoms with Crippen LogP contribution in [0.4, 0.5) is 0 Å². The van der Waals surface area contributed by atoms with E-state index in [0.717, 1.165) is 5.01 Å². The predicted octanol–water partition coefficient (Wildman–Crippen LogP) is 0.649. The van der Waals surface area contributed by atoms with E-state index < -0.39 is 0 Å². The number of nitrogens with zero attached hydrogens (tertiary/aromatic N) is 1. The smallest absolute Gasteiger partial charge is 0.357 e. The van der Waals surface area contributed by atoms with Crippen LogP contribution in [0.15, 0.2) is 5.38 Å². The minimum Gasteiger partial charge on any atom is -0.464 e. The lowest BCUT2D eigenvalue weighted by Crippen LogP contribution is -2.06. The van der Waals surface area contributed by atoms with Gasteiger partial charge in [-0.15, -0.1) is 11.3 Å². The fourth-order valence-corrected chi connectivity index (χ4v) is 1.52. The second kappa shape index (κ2) is 4.18. The molecule has 1 aromatic heterocycles. The monoisotopic (exact) mass is 186 g/mol. The summed E-state index contributed by atoms with van der Waals surface area (Å²) in [7, 11) is 3.18. The van der Waals surface area contributed by atoms with Crippen LogP contribution in [-0.4, -0.2) is 25.1 Å². The van der Waals surface area contributed by atoms with Crippen LogP contribution in [0.5, 0.6) is 0 Å². The van der Waals surface area contributed by atoms with Crippen molar-refractivity contribution in [1.29, 1.82) is 0 Å². The highest BCUT2D eigenvalue weighted by Crippen LogP contribution is 2.09. The van der Waals surface area contributed by atoms with Crippen LogP contribution in [0.1, 0.15) is 15.5 Å². The lowest BCUT2D eigenvalue weighted by atomic mass is 10.5. The van der Waals surface area contributed by atoms with E-state index in [2.05, 4.69) is 15.0 Å². The molecule has 1 heterocycles. The molecule has 0 saturated carbocycles. The Morgan fingerprint density at radius 1 is 1.83 bits per heavy atom. The number of esters is 1. The molecular formula is C7H10N2O2S. The Kier molecular flexibility index (Phi) is 3.19. The molecule has 0 bridgehead atoms. The van der Waals surface area contributed by atoms with Gasteiger partial charge in [-0.05, 0) is 7.05 Å². The maximum absolute atomic E-state index is 10.9. The van der Waals surface area contributed by atoms with Gasteiger partial charge in [0.2, 0.25) is 0 Å². The van der Waals surface area contributed by atoms with E-state index in [1.165, 1.54) is 18.4 Å². The summed E-state index contributed by atoms with van der Waals surface area (Å²) in [6, 6.07) is 0. The summed E-state index contributed by atoms with van der Waals surface area (Å²) in [5, 5.41) is 5.53. The number of aromatic nitrogens is 1. The van der Waals surface area contributed by atoms with Crippen molar-refractivity contribution in [2.24, 2.45) is 0 Å². The van der Waals surface area contributed by atoms with E-state index in [1.807, 2.05) is 7.05 Å². The number of nitrogens with one attached hydrogen (secondary N) is 1. The van der Waals surface area contributed by atoms with Crippen molar-refractivity contribution in [3.63, 3.8) is 0 Å². The zero-order valence-electron chi connectivity index (χ0n) is 6.96. The number of thiazole rings is 1. The van der Waals surface area contributed by atoms with E-state index in [4.69, 9.17) is 0 Å². The Morgan fingerprint density at radius 3 is 3.17 bits per heavy atom. The predicted molar refractivity (Wildman–Crippen MR) is 46.2 cm³/mol. The fourth-order valence-electron chi connectivity index (χ4n) is 0.742. The van der Waals surface area contributed by atoms with Crippen molar-refractivity contribution in [2.75, 3.05) is 14.2 Å². The number of methoxy groups -OCH3 is 1. The molecule has 0 spiro atoms. The molecule has 0 saturated heterocycles.